The molecule has 1 amide bonds. The Labute approximate surface area is 269 Å². The van der Waals surface area contributed by atoms with Crippen molar-refractivity contribution in [3.63, 3.8) is 0 Å². The van der Waals surface area contributed by atoms with E-state index < -0.39 is 0 Å². The number of likely N-dealkylation sites (N-methyl/N-ethyl adjacent to an activating group) is 1. The standard InChI is InChI=1S/C36H37Cl2N3OS/c1-40(36(42)33-20-25(22-39)19-28-7-3-6-10-32(28)33)23-29(27-11-12-34(37)35(38)21-27)15-18-41-16-13-26(14-17-41)31-9-5-4-8-30(31)24-43-2/h3-12,19-21,26,29H,13-18,23-24H2,1-2H3/t29-/m1/s1. The summed E-state index contributed by atoms with van der Waals surface area (Å²) in [6.07, 6.45) is 5.37. The molecule has 4 nitrogen and oxygen atoms in total. The van der Waals surface area contributed by atoms with Crippen LogP contribution in [0.2, 0.25) is 10.0 Å². The summed E-state index contributed by atoms with van der Waals surface area (Å²) in [5.74, 6) is 1.65. The number of halogens is 2. The summed E-state index contributed by atoms with van der Waals surface area (Å²) in [4.78, 5) is 18.2. The van der Waals surface area contributed by atoms with Crippen molar-refractivity contribution in [3.05, 3.63) is 117 Å². The van der Waals surface area contributed by atoms with Gasteiger partial charge in [-0.15, -0.1) is 0 Å². The van der Waals surface area contributed by atoms with Crippen molar-refractivity contribution in [2.45, 2.75) is 36.9 Å². The third-order valence-corrected chi connectivity index (χ3v) is 9.99. The third kappa shape index (κ3) is 7.56. The maximum atomic E-state index is 13.8. The van der Waals surface area contributed by atoms with Crippen LogP contribution in [-0.2, 0) is 5.75 Å². The second kappa shape index (κ2) is 14.6. The first-order valence-corrected chi connectivity index (χ1v) is 16.9. The SMILES string of the molecule is CSCc1ccccc1C1CCN(CC[C@H](CN(C)C(=O)c2cc(C#N)cc3ccccc23)c2ccc(Cl)c(Cl)c2)CC1. The van der Waals surface area contributed by atoms with Gasteiger partial charge >= 0.3 is 0 Å². The first-order valence-electron chi connectivity index (χ1n) is 14.8. The molecule has 43 heavy (non-hydrogen) atoms. The summed E-state index contributed by atoms with van der Waals surface area (Å²) in [7, 11) is 1.85. The molecule has 1 fully saturated rings. The molecule has 222 valence electrons. The molecule has 0 aliphatic carbocycles. The molecule has 4 aromatic rings. The van der Waals surface area contributed by atoms with Crippen LogP contribution in [0.3, 0.4) is 0 Å². The molecule has 1 atom stereocenters. The zero-order chi connectivity index (χ0) is 30.3. The molecule has 0 bridgehead atoms. The Morgan fingerprint density at radius 3 is 2.51 bits per heavy atom. The average Bonchev–Trinajstić information content (AvgIpc) is 3.04. The Bertz CT molecular complexity index is 1630. The predicted molar refractivity (Wildman–Crippen MR) is 182 cm³/mol. The van der Waals surface area contributed by atoms with E-state index in [4.69, 9.17) is 23.2 Å². The Balaban J connectivity index is 1.30. The van der Waals surface area contributed by atoms with Crippen LogP contribution in [0.5, 0.6) is 0 Å². The summed E-state index contributed by atoms with van der Waals surface area (Å²) in [6, 6.07) is 28.2. The van der Waals surface area contributed by atoms with Gasteiger partial charge in [0.15, 0.2) is 0 Å². The van der Waals surface area contributed by atoms with Gasteiger partial charge in [0.2, 0.25) is 0 Å². The molecular weight excluding hydrogens is 593 g/mol. The van der Waals surface area contributed by atoms with Crippen molar-refractivity contribution in [2.24, 2.45) is 0 Å². The maximum Gasteiger partial charge on any atom is 0.254 e. The van der Waals surface area contributed by atoms with Gasteiger partial charge in [-0.1, -0.05) is 77.8 Å². The fourth-order valence-electron chi connectivity index (χ4n) is 6.33. The molecule has 1 aliphatic heterocycles. The van der Waals surface area contributed by atoms with Crippen LogP contribution in [0, 0.1) is 11.3 Å². The van der Waals surface area contributed by atoms with Gasteiger partial charge in [0, 0.05) is 30.8 Å². The fraction of sp³-hybridized carbons (Fsp3) is 0.333. The largest absolute Gasteiger partial charge is 0.341 e. The number of amides is 1. The van der Waals surface area contributed by atoms with Gasteiger partial charge in [0.05, 0.1) is 21.7 Å². The van der Waals surface area contributed by atoms with Gasteiger partial charge in [-0.05, 0) is 103 Å². The molecule has 0 spiro atoms. The smallest absolute Gasteiger partial charge is 0.254 e. The minimum Gasteiger partial charge on any atom is -0.341 e. The topological polar surface area (TPSA) is 47.3 Å². The summed E-state index contributed by atoms with van der Waals surface area (Å²) in [6.45, 7) is 3.60. The van der Waals surface area contributed by atoms with E-state index in [1.54, 1.807) is 11.0 Å². The highest BCUT2D eigenvalue weighted by molar-refractivity contribution is 7.97. The lowest BCUT2D eigenvalue weighted by molar-refractivity contribution is 0.0783. The molecule has 0 aromatic heterocycles. The van der Waals surface area contributed by atoms with Crippen molar-refractivity contribution in [2.75, 3.05) is 39.5 Å². The molecule has 0 saturated carbocycles. The van der Waals surface area contributed by atoms with E-state index in [0.29, 0.717) is 33.6 Å². The zero-order valence-corrected chi connectivity index (χ0v) is 27.1. The lowest BCUT2D eigenvalue weighted by Gasteiger charge is -2.34. The fourth-order valence-corrected chi connectivity index (χ4v) is 7.21. The molecule has 1 aliphatic rings. The molecule has 5 rings (SSSR count). The molecule has 0 radical (unpaired) electrons. The number of hydrogen-bond donors (Lipinski definition) is 0. The average molecular weight is 631 g/mol. The van der Waals surface area contributed by atoms with E-state index in [0.717, 1.165) is 61.0 Å². The van der Waals surface area contributed by atoms with Gasteiger partial charge in [-0.2, -0.15) is 17.0 Å². The second-order valence-electron chi connectivity index (χ2n) is 11.4. The molecule has 7 heteroatoms. The Kier molecular flexibility index (Phi) is 10.7. The van der Waals surface area contributed by atoms with Crippen LogP contribution in [0.15, 0.2) is 78.9 Å². The van der Waals surface area contributed by atoms with Crippen LogP contribution in [-0.4, -0.2) is 55.2 Å². The summed E-state index contributed by atoms with van der Waals surface area (Å²) in [5, 5.41) is 12.4. The number of likely N-dealkylation sites (tertiary alicyclic amines) is 1. The number of carbonyl (C=O) groups excluding carboxylic acids is 1. The van der Waals surface area contributed by atoms with Gasteiger partial charge in [-0.25, -0.2) is 0 Å². The van der Waals surface area contributed by atoms with E-state index in [-0.39, 0.29) is 11.8 Å². The van der Waals surface area contributed by atoms with Gasteiger partial charge in [0.1, 0.15) is 0 Å². The summed E-state index contributed by atoms with van der Waals surface area (Å²) < 4.78 is 0. The van der Waals surface area contributed by atoms with E-state index in [1.165, 1.54) is 11.1 Å². The number of nitrogens with zero attached hydrogens (tertiary/aromatic N) is 3. The van der Waals surface area contributed by atoms with Gasteiger partial charge in [-0.3, -0.25) is 4.79 Å². The van der Waals surface area contributed by atoms with Crippen molar-refractivity contribution in [1.82, 2.24) is 9.80 Å². The molecule has 4 aromatic carbocycles. The third-order valence-electron chi connectivity index (χ3n) is 8.65. The molecular formula is C36H37Cl2N3OS. The summed E-state index contributed by atoms with van der Waals surface area (Å²) >= 11 is 14.6. The normalized spacial score (nSPS) is 14.9. The quantitative estimate of drug-likeness (QED) is 0.176. The molecule has 1 saturated heterocycles. The molecule has 0 unspecified atom stereocenters. The Morgan fingerprint density at radius 2 is 1.77 bits per heavy atom. The number of hydrogen-bond acceptors (Lipinski definition) is 4. The van der Waals surface area contributed by atoms with Crippen molar-refractivity contribution in [1.29, 1.82) is 5.26 Å². The highest BCUT2D eigenvalue weighted by Crippen LogP contribution is 2.34. The summed E-state index contributed by atoms with van der Waals surface area (Å²) in [5.41, 5.74) is 5.09. The highest BCUT2D eigenvalue weighted by Gasteiger charge is 2.25. The van der Waals surface area contributed by atoms with Crippen LogP contribution in [0.1, 0.15) is 63.7 Å². The number of rotatable bonds is 10. The van der Waals surface area contributed by atoms with Crippen LogP contribution in [0.25, 0.3) is 10.8 Å². The van der Waals surface area contributed by atoms with Crippen LogP contribution >= 0.6 is 35.0 Å². The number of carbonyl (C=O) groups is 1. The van der Waals surface area contributed by atoms with Gasteiger partial charge in [0.25, 0.3) is 5.91 Å². The van der Waals surface area contributed by atoms with E-state index in [2.05, 4.69) is 41.5 Å². The number of thioether (sulfide) groups is 1. The highest BCUT2D eigenvalue weighted by atomic mass is 35.5. The minimum atomic E-state index is -0.0944. The monoisotopic (exact) mass is 629 g/mol. The number of nitriles is 1. The number of benzene rings is 4. The Hall–Kier alpha value is -3.01. The van der Waals surface area contributed by atoms with Crippen LogP contribution < -0.4 is 0 Å². The Morgan fingerprint density at radius 1 is 1.02 bits per heavy atom. The van der Waals surface area contributed by atoms with Crippen molar-refractivity contribution >= 4 is 51.6 Å². The first-order chi connectivity index (χ1) is 20.9. The lowest BCUT2D eigenvalue weighted by atomic mass is 9.86. The lowest BCUT2D eigenvalue weighted by Crippen LogP contribution is -2.36. The predicted octanol–water partition coefficient (Wildman–Crippen LogP) is 9.01. The van der Waals surface area contributed by atoms with Crippen molar-refractivity contribution in [3.8, 4) is 6.07 Å². The minimum absolute atomic E-state index is 0.0779. The van der Waals surface area contributed by atoms with E-state index in [9.17, 15) is 10.1 Å². The van der Waals surface area contributed by atoms with Crippen LogP contribution in [0.4, 0.5) is 0 Å². The second-order valence-corrected chi connectivity index (χ2v) is 13.1. The number of fused-ring (bicyclic) bond motifs is 1. The van der Waals surface area contributed by atoms with Gasteiger partial charge < -0.3 is 9.80 Å². The van der Waals surface area contributed by atoms with E-state index >= 15 is 0 Å². The molecule has 1 heterocycles. The van der Waals surface area contributed by atoms with Crippen molar-refractivity contribution < 1.29 is 4.79 Å². The first kappa shape index (κ1) is 31.4. The molecule has 0 N–H and O–H groups in total. The maximum absolute atomic E-state index is 13.8. The zero-order valence-electron chi connectivity index (χ0n) is 24.7. The number of piperidine rings is 1. The van der Waals surface area contributed by atoms with E-state index in [1.807, 2.05) is 67.3 Å².